The van der Waals surface area contributed by atoms with E-state index in [1.165, 1.54) is 31.7 Å². The second kappa shape index (κ2) is 6.67. The summed E-state index contributed by atoms with van der Waals surface area (Å²) in [7, 11) is 0. The normalized spacial score (nSPS) is 23.5. The smallest absolute Gasteiger partial charge is 0.123 e. The number of hydrogen-bond donors (Lipinski definition) is 1. The second-order valence-electron chi connectivity index (χ2n) is 5.27. The van der Waals surface area contributed by atoms with Crippen LogP contribution in [0.1, 0.15) is 38.2 Å². The summed E-state index contributed by atoms with van der Waals surface area (Å²) >= 11 is 3.51. The molecule has 0 spiro atoms. The first-order chi connectivity index (χ1) is 8.69. The molecule has 2 unspecified atom stereocenters. The highest BCUT2D eigenvalue weighted by atomic mass is 79.9. The predicted molar refractivity (Wildman–Crippen MR) is 77.2 cm³/mol. The monoisotopic (exact) mass is 313 g/mol. The first kappa shape index (κ1) is 14.0. The van der Waals surface area contributed by atoms with E-state index in [0.29, 0.717) is 12.0 Å². The van der Waals surface area contributed by atoms with Gasteiger partial charge in [-0.05, 0) is 68.3 Å². The van der Waals surface area contributed by atoms with E-state index in [2.05, 4.69) is 28.2 Å². The van der Waals surface area contributed by atoms with Gasteiger partial charge in [-0.3, -0.25) is 0 Å². The van der Waals surface area contributed by atoms with E-state index >= 15 is 0 Å². The molecule has 0 aliphatic heterocycles. The molecule has 0 radical (unpaired) electrons. The van der Waals surface area contributed by atoms with E-state index in [1.807, 2.05) is 6.07 Å². The molecule has 0 heterocycles. The lowest BCUT2D eigenvalue weighted by Crippen LogP contribution is -2.27. The van der Waals surface area contributed by atoms with Gasteiger partial charge in [-0.2, -0.15) is 0 Å². The van der Waals surface area contributed by atoms with Crippen LogP contribution in [0.3, 0.4) is 0 Å². The highest BCUT2D eigenvalue weighted by Gasteiger charge is 2.24. The average molecular weight is 314 g/mol. The third-order valence-corrected chi connectivity index (χ3v) is 4.51. The van der Waals surface area contributed by atoms with Gasteiger partial charge >= 0.3 is 0 Å². The summed E-state index contributed by atoms with van der Waals surface area (Å²) in [4.78, 5) is 0. The van der Waals surface area contributed by atoms with Crippen molar-refractivity contribution in [3.8, 4) is 0 Å². The molecule has 1 aliphatic rings. The maximum atomic E-state index is 13.2. The fraction of sp³-hybridized carbons (Fsp3) is 0.600. The standard InChI is InChI=1S/C15H21BrFN/c1-2-7-18-14-5-3-11(9-14)8-12-10-13(17)4-6-15(12)16/h4,6,10-11,14,18H,2-3,5,7-9H2,1H3. The molecule has 1 aromatic carbocycles. The third kappa shape index (κ3) is 3.79. The van der Waals surface area contributed by atoms with Crippen molar-refractivity contribution in [3.63, 3.8) is 0 Å². The zero-order valence-electron chi connectivity index (χ0n) is 10.9. The molecule has 2 rings (SSSR count). The van der Waals surface area contributed by atoms with Crippen LogP contribution in [0.15, 0.2) is 22.7 Å². The molecule has 0 amide bonds. The van der Waals surface area contributed by atoms with Crippen molar-refractivity contribution in [3.05, 3.63) is 34.1 Å². The summed E-state index contributed by atoms with van der Waals surface area (Å²) in [5, 5.41) is 3.59. The van der Waals surface area contributed by atoms with Crippen molar-refractivity contribution in [2.45, 2.75) is 45.1 Å². The van der Waals surface area contributed by atoms with Crippen LogP contribution in [0.25, 0.3) is 0 Å². The Bertz CT molecular complexity index is 394. The lowest BCUT2D eigenvalue weighted by molar-refractivity contribution is 0.483. The van der Waals surface area contributed by atoms with Gasteiger partial charge in [0.2, 0.25) is 0 Å². The van der Waals surface area contributed by atoms with Crippen LogP contribution < -0.4 is 5.32 Å². The molecule has 1 nitrogen and oxygen atoms in total. The predicted octanol–water partition coefficient (Wildman–Crippen LogP) is 4.30. The van der Waals surface area contributed by atoms with Crippen LogP contribution in [0, 0.1) is 11.7 Å². The number of nitrogens with one attached hydrogen (secondary N) is 1. The molecule has 3 heteroatoms. The first-order valence-corrected chi connectivity index (χ1v) is 7.65. The molecule has 18 heavy (non-hydrogen) atoms. The fourth-order valence-electron chi connectivity index (χ4n) is 2.80. The molecule has 0 aromatic heterocycles. The maximum absolute atomic E-state index is 13.2. The average Bonchev–Trinajstić information content (AvgIpc) is 2.79. The van der Waals surface area contributed by atoms with Crippen LogP contribution in [0.5, 0.6) is 0 Å². The molecule has 0 saturated heterocycles. The van der Waals surface area contributed by atoms with E-state index in [4.69, 9.17) is 0 Å². The SMILES string of the molecule is CCCNC1CCC(Cc2cc(F)ccc2Br)C1. The lowest BCUT2D eigenvalue weighted by Gasteiger charge is -2.13. The molecule has 0 bridgehead atoms. The zero-order valence-corrected chi connectivity index (χ0v) is 12.5. The third-order valence-electron chi connectivity index (χ3n) is 3.74. The van der Waals surface area contributed by atoms with Gasteiger partial charge in [0.05, 0.1) is 0 Å². The van der Waals surface area contributed by atoms with Crippen LogP contribution >= 0.6 is 15.9 Å². The molecular formula is C15H21BrFN. The first-order valence-electron chi connectivity index (χ1n) is 6.86. The van der Waals surface area contributed by atoms with Crippen LogP contribution in [0.4, 0.5) is 4.39 Å². The van der Waals surface area contributed by atoms with Gasteiger partial charge in [-0.15, -0.1) is 0 Å². The van der Waals surface area contributed by atoms with Gasteiger partial charge in [0.15, 0.2) is 0 Å². The Morgan fingerprint density at radius 2 is 2.22 bits per heavy atom. The van der Waals surface area contributed by atoms with E-state index in [-0.39, 0.29) is 5.82 Å². The lowest BCUT2D eigenvalue weighted by atomic mass is 9.98. The highest BCUT2D eigenvalue weighted by molar-refractivity contribution is 9.10. The minimum atomic E-state index is -0.133. The molecule has 100 valence electrons. The second-order valence-corrected chi connectivity index (χ2v) is 6.12. The topological polar surface area (TPSA) is 12.0 Å². The fourth-order valence-corrected chi connectivity index (χ4v) is 3.21. The summed E-state index contributed by atoms with van der Waals surface area (Å²) in [5.74, 6) is 0.560. The number of rotatable bonds is 5. The van der Waals surface area contributed by atoms with Crippen LogP contribution in [-0.2, 0) is 6.42 Å². The van der Waals surface area contributed by atoms with Gasteiger partial charge in [0.25, 0.3) is 0 Å². The van der Waals surface area contributed by atoms with Crippen LogP contribution in [0.2, 0.25) is 0 Å². The minimum absolute atomic E-state index is 0.133. The van der Waals surface area contributed by atoms with Crippen molar-refractivity contribution in [2.24, 2.45) is 5.92 Å². The molecule has 1 N–H and O–H groups in total. The minimum Gasteiger partial charge on any atom is -0.314 e. The maximum Gasteiger partial charge on any atom is 0.123 e. The molecule has 1 aromatic rings. The summed E-state index contributed by atoms with van der Waals surface area (Å²) in [5.41, 5.74) is 1.11. The van der Waals surface area contributed by atoms with Gasteiger partial charge in [0.1, 0.15) is 5.82 Å². The summed E-state index contributed by atoms with van der Waals surface area (Å²) < 4.78 is 14.3. The quantitative estimate of drug-likeness (QED) is 0.854. The summed E-state index contributed by atoms with van der Waals surface area (Å²) in [6.45, 7) is 3.31. The highest BCUT2D eigenvalue weighted by Crippen LogP contribution is 2.31. The van der Waals surface area contributed by atoms with Crippen molar-refractivity contribution >= 4 is 15.9 Å². The largest absolute Gasteiger partial charge is 0.314 e. The van der Waals surface area contributed by atoms with Crippen molar-refractivity contribution in [1.82, 2.24) is 5.32 Å². The van der Waals surface area contributed by atoms with E-state index < -0.39 is 0 Å². The number of hydrogen-bond acceptors (Lipinski definition) is 1. The molecule has 1 saturated carbocycles. The van der Waals surface area contributed by atoms with E-state index in [9.17, 15) is 4.39 Å². The number of benzene rings is 1. The van der Waals surface area contributed by atoms with Crippen LogP contribution in [-0.4, -0.2) is 12.6 Å². The molecule has 1 aliphatic carbocycles. The Balaban J connectivity index is 1.89. The van der Waals surface area contributed by atoms with Gasteiger partial charge in [0, 0.05) is 10.5 Å². The Labute approximate surface area is 117 Å². The van der Waals surface area contributed by atoms with E-state index in [1.54, 1.807) is 6.07 Å². The van der Waals surface area contributed by atoms with Gasteiger partial charge in [-0.1, -0.05) is 22.9 Å². The van der Waals surface area contributed by atoms with Gasteiger partial charge in [-0.25, -0.2) is 4.39 Å². The van der Waals surface area contributed by atoms with Crippen molar-refractivity contribution in [2.75, 3.05) is 6.54 Å². The summed E-state index contributed by atoms with van der Waals surface area (Å²) in [6.07, 6.45) is 5.92. The summed E-state index contributed by atoms with van der Waals surface area (Å²) in [6, 6.07) is 5.65. The Kier molecular flexibility index (Phi) is 5.19. The van der Waals surface area contributed by atoms with Gasteiger partial charge < -0.3 is 5.32 Å². The zero-order chi connectivity index (χ0) is 13.0. The Hall–Kier alpha value is -0.410. The molecule has 1 fully saturated rings. The molecular weight excluding hydrogens is 293 g/mol. The van der Waals surface area contributed by atoms with Crippen molar-refractivity contribution in [1.29, 1.82) is 0 Å². The Morgan fingerprint density at radius 1 is 1.39 bits per heavy atom. The Morgan fingerprint density at radius 3 is 3.00 bits per heavy atom. The molecule has 2 atom stereocenters. The van der Waals surface area contributed by atoms with Crippen molar-refractivity contribution < 1.29 is 4.39 Å². The number of halogens is 2. The van der Waals surface area contributed by atoms with E-state index in [0.717, 1.165) is 23.0 Å².